The van der Waals surface area contributed by atoms with Gasteiger partial charge in [0.1, 0.15) is 0 Å². The lowest BCUT2D eigenvalue weighted by atomic mass is 9.86. The highest BCUT2D eigenvalue weighted by molar-refractivity contribution is 6.07. The second kappa shape index (κ2) is 4.70. The van der Waals surface area contributed by atoms with Crippen molar-refractivity contribution in [2.75, 3.05) is 10.6 Å². The van der Waals surface area contributed by atoms with Crippen molar-refractivity contribution in [1.29, 1.82) is 0 Å². The van der Waals surface area contributed by atoms with Gasteiger partial charge < -0.3 is 10.6 Å². The van der Waals surface area contributed by atoms with Crippen molar-refractivity contribution in [3.05, 3.63) is 53.9 Å². The molecule has 0 atom stereocenters. The highest BCUT2D eigenvalue weighted by Crippen LogP contribution is 2.38. The summed E-state index contributed by atoms with van der Waals surface area (Å²) in [5, 5.41) is 5.67. The van der Waals surface area contributed by atoms with Crippen LogP contribution < -0.4 is 10.6 Å². The highest BCUT2D eigenvalue weighted by atomic mass is 16.2. The van der Waals surface area contributed by atoms with Crippen LogP contribution in [0.4, 0.5) is 11.4 Å². The number of fused-ring (bicyclic) bond motifs is 1. The van der Waals surface area contributed by atoms with Crippen LogP contribution >= 0.6 is 0 Å². The van der Waals surface area contributed by atoms with Crippen LogP contribution in [0.3, 0.4) is 0 Å². The second-order valence-corrected chi connectivity index (χ2v) is 5.53. The molecule has 0 radical (unpaired) electrons. The van der Waals surface area contributed by atoms with E-state index in [0.29, 0.717) is 11.3 Å². The number of nitrogens with zero attached hydrogens (tertiary/aromatic N) is 1. The summed E-state index contributed by atoms with van der Waals surface area (Å²) in [5.74, 6) is -0.234. The number of hydrogen-bond donors (Lipinski definition) is 2. The van der Waals surface area contributed by atoms with Crippen LogP contribution in [-0.4, -0.2) is 16.8 Å². The molecule has 2 N–H and O–H groups in total. The Morgan fingerprint density at radius 2 is 1.90 bits per heavy atom. The van der Waals surface area contributed by atoms with Crippen molar-refractivity contribution >= 4 is 23.2 Å². The molecule has 1 aromatic carbocycles. The van der Waals surface area contributed by atoms with Gasteiger partial charge in [0.05, 0.1) is 5.41 Å². The Bertz CT molecular complexity index is 724. The van der Waals surface area contributed by atoms with E-state index in [-0.39, 0.29) is 11.8 Å². The summed E-state index contributed by atoms with van der Waals surface area (Å²) in [6, 6.07) is 8.73. The highest BCUT2D eigenvalue weighted by Gasteiger charge is 2.38. The second-order valence-electron chi connectivity index (χ2n) is 5.53. The van der Waals surface area contributed by atoms with Crippen LogP contribution in [0.5, 0.6) is 0 Å². The maximum absolute atomic E-state index is 12.1. The van der Waals surface area contributed by atoms with Gasteiger partial charge in [-0.25, -0.2) is 0 Å². The van der Waals surface area contributed by atoms with Crippen molar-refractivity contribution in [2.24, 2.45) is 0 Å². The molecule has 1 aliphatic rings. The Labute approximate surface area is 122 Å². The van der Waals surface area contributed by atoms with Crippen molar-refractivity contribution in [1.82, 2.24) is 4.98 Å². The molecule has 21 heavy (non-hydrogen) atoms. The summed E-state index contributed by atoms with van der Waals surface area (Å²) in [7, 11) is 0. The number of anilines is 2. The molecule has 106 valence electrons. The summed E-state index contributed by atoms with van der Waals surface area (Å²) in [6.45, 7) is 3.73. The summed E-state index contributed by atoms with van der Waals surface area (Å²) in [6.07, 6.45) is 3.15. The molecule has 5 heteroatoms. The van der Waals surface area contributed by atoms with Crippen LogP contribution in [0.2, 0.25) is 0 Å². The largest absolute Gasteiger partial charge is 0.325 e. The SMILES string of the molecule is CC1(C)C(=O)Nc2ccc(NC(=O)c3ccncc3)cc21. The number of rotatable bonds is 2. The summed E-state index contributed by atoms with van der Waals surface area (Å²) >= 11 is 0. The van der Waals surface area contributed by atoms with E-state index in [9.17, 15) is 9.59 Å². The van der Waals surface area contributed by atoms with Crippen LogP contribution in [-0.2, 0) is 10.2 Å². The van der Waals surface area contributed by atoms with Gasteiger partial charge in [0.2, 0.25) is 5.91 Å². The van der Waals surface area contributed by atoms with Crippen molar-refractivity contribution in [3.8, 4) is 0 Å². The zero-order valence-corrected chi connectivity index (χ0v) is 11.8. The minimum absolute atomic E-state index is 0.0323. The molecule has 0 saturated heterocycles. The molecule has 0 fully saturated rings. The van der Waals surface area contributed by atoms with Crippen LogP contribution in [0.25, 0.3) is 0 Å². The first kappa shape index (κ1) is 13.3. The van der Waals surface area contributed by atoms with Gasteiger partial charge in [-0.1, -0.05) is 0 Å². The van der Waals surface area contributed by atoms with Crippen molar-refractivity contribution in [3.63, 3.8) is 0 Å². The van der Waals surface area contributed by atoms with Gasteiger partial charge in [0, 0.05) is 29.3 Å². The first-order valence-corrected chi connectivity index (χ1v) is 6.66. The van der Waals surface area contributed by atoms with Gasteiger partial charge in [-0.15, -0.1) is 0 Å². The van der Waals surface area contributed by atoms with Crippen molar-refractivity contribution < 1.29 is 9.59 Å². The van der Waals surface area contributed by atoms with E-state index in [0.717, 1.165) is 11.3 Å². The van der Waals surface area contributed by atoms with Crippen LogP contribution in [0.1, 0.15) is 29.8 Å². The van der Waals surface area contributed by atoms with E-state index in [1.54, 1.807) is 30.6 Å². The molecule has 2 aromatic rings. The lowest BCUT2D eigenvalue weighted by Crippen LogP contribution is -2.26. The number of aromatic nitrogens is 1. The van der Waals surface area contributed by atoms with Gasteiger partial charge in [0.15, 0.2) is 0 Å². The Morgan fingerprint density at radius 1 is 1.19 bits per heavy atom. The van der Waals surface area contributed by atoms with Gasteiger partial charge in [0.25, 0.3) is 5.91 Å². The molecular formula is C16H15N3O2. The van der Waals surface area contributed by atoms with Crippen molar-refractivity contribution in [2.45, 2.75) is 19.3 Å². The molecule has 0 saturated carbocycles. The lowest BCUT2D eigenvalue weighted by molar-refractivity contribution is -0.119. The number of carbonyl (C=O) groups excluding carboxylic acids is 2. The van der Waals surface area contributed by atoms with Crippen LogP contribution in [0.15, 0.2) is 42.7 Å². The maximum Gasteiger partial charge on any atom is 0.255 e. The molecular weight excluding hydrogens is 266 g/mol. The molecule has 0 spiro atoms. The molecule has 2 heterocycles. The van der Waals surface area contributed by atoms with E-state index >= 15 is 0 Å². The Morgan fingerprint density at radius 3 is 2.62 bits per heavy atom. The summed E-state index contributed by atoms with van der Waals surface area (Å²) in [5.41, 5.74) is 2.30. The number of amides is 2. The summed E-state index contributed by atoms with van der Waals surface area (Å²) in [4.78, 5) is 27.9. The minimum Gasteiger partial charge on any atom is -0.325 e. The van der Waals surface area contributed by atoms with E-state index < -0.39 is 5.41 Å². The number of hydrogen-bond acceptors (Lipinski definition) is 3. The molecule has 5 nitrogen and oxygen atoms in total. The van der Waals surface area contributed by atoms with Gasteiger partial charge >= 0.3 is 0 Å². The predicted molar refractivity (Wildman–Crippen MR) is 80.3 cm³/mol. The van der Waals surface area contributed by atoms with E-state index in [1.165, 1.54) is 0 Å². The third-order valence-corrected chi connectivity index (χ3v) is 3.71. The van der Waals surface area contributed by atoms with Gasteiger partial charge in [-0.05, 0) is 49.7 Å². The lowest BCUT2D eigenvalue weighted by Gasteiger charge is -2.16. The van der Waals surface area contributed by atoms with E-state index in [4.69, 9.17) is 0 Å². The summed E-state index contributed by atoms with van der Waals surface area (Å²) < 4.78 is 0. The monoisotopic (exact) mass is 281 g/mol. The molecule has 1 aliphatic heterocycles. The fourth-order valence-corrected chi connectivity index (χ4v) is 2.36. The molecule has 0 bridgehead atoms. The van der Waals surface area contributed by atoms with Crippen LogP contribution in [0, 0.1) is 0 Å². The Kier molecular flexibility index (Phi) is 2.97. The average Bonchev–Trinajstić information content (AvgIpc) is 2.70. The standard InChI is InChI=1S/C16H15N3O2/c1-16(2)12-9-11(3-4-13(12)19-15(16)21)18-14(20)10-5-7-17-8-6-10/h3-9H,1-2H3,(H,18,20)(H,19,21). The fourth-order valence-electron chi connectivity index (χ4n) is 2.36. The number of nitrogens with one attached hydrogen (secondary N) is 2. The Hall–Kier alpha value is -2.69. The quantitative estimate of drug-likeness (QED) is 0.888. The number of carbonyl (C=O) groups is 2. The van der Waals surface area contributed by atoms with E-state index in [1.807, 2.05) is 26.0 Å². The average molecular weight is 281 g/mol. The van der Waals surface area contributed by atoms with Gasteiger partial charge in [-0.3, -0.25) is 14.6 Å². The zero-order chi connectivity index (χ0) is 15.0. The first-order valence-electron chi connectivity index (χ1n) is 6.66. The van der Waals surface area contributed by atoms with Gasteiger partial charge in [-0.2, -0.15) is 0 Å². The normalized spacial score (nSPS) is 15.2. The minimum atomic E-state index is -0.591. The predicted octanol–water partition coefficient (Wildman–Crippen LogP) is 2.56. The topological polar surface area (TPSA) is 71.1 Å². The third-order valence-electron chi connectivity index (χ3n) is 3.71. The number of benzene rings is 1. The third kappa shape index (κ3) is 2.27. The fraction of sp³-hybridized carbons (Fsp3) is 0.188. The molecule has 3 rings (SSSR count). The zero-order valence-electron chi connectivity index (χ0n) is 11.8. The maximum atomic E-state index is 12.1. The Balaban J connectivity index is 1.88. The molecule has 0 unspecified atom stereocenters. The smallest absolute Gasteiger partial charge is 0.255 e. The molecule has 0 aliphatic carbocycles. The molecule has 2 amide bonds. The van der Waals surface area contributed by atoms with E-state index in [2.05, 4.69) is 15.6 Å². The number of pyridine rings is 1. The molecule has 1 aromatic heterocycles. The first-order chi connectivity index (χ1) is 9.98.